The lowest BCUT2D eigenvalue weighted by Crippen LogP contribution is -2.03. The Balaban J connectivity index is 1.38. The first-order valence-electron chi connectivity index (χ1n) is 8.84. The number of aromatic nitrogens is 5. The normalized spacial score (nSPS) is 16.8. The summed E-state index contributed by atoms with van der Waals surface area (Å²) < 4.78 is 18.3. The van der Waals surface area contributed by atoms with Gasteiger partial charge in [0.25, 0.3) is 5.89 Å². The van der Waals surface area contributed by atoms with E-state index in [1.807, 2.05) is 47.2 Å². The van der Waals surface area contributed by atoms with Crippen molar-refractivity contribution >= 4 is 0 Å². The molecule has 0 bridgehead atoms. The van der Waals surface area contributed by atoms with Crippen molar-refractivity contribution < 1.29 is 13.8 Å². The maximum absolute atomic E-state index is 5.59. The van der Waals surface area contributed by atoms with Crippen LogP contribution in [0.1, 0.15) is 30.7 Å². The molecule has 1 aliphatic heterocycles. The smallest absolute Gasteiger partial charge is 0.255 e. The van der Waals surface area contributed by atoms with Gasteiger partial charge >= 0.3 is 0 Å². The average Bonchev–Trinajstić information content (AvgIpc) is 3.48. The number of hydrogen-bond acceptors (Lipinski definition) is 7. The summed E-state index contributed by atoms with van der Waals surface area (Å²) in [5.74, 6) is 2.35. The van der Waals surface area contributed by atoms with Gasteiger partial charge in [-0.1, -0.05) is 40.6 Å². The van der Waals surface area contributed by atoms with Crippen LogP contribution < -0.4 is 0 Å². The third kappa shape index (κ3) is 3.15. The van der Waals surface area contributed by atoms with Crippen LogP contribution in [0.15, 0.2) is 57.8 Å². The Labute approximate surface area is 154 Å². The van der Waals surface area contributed by atoms with Crippen LogP contribution in [0.25, 0.3) is 22.8 Å². The van der Waals surface area contributed by atoms with Crippen molar-refractivity contribution in [1.82, 2.24) is 24.8 Å². The molecule has 1 fully saturated rings. The highest BCUT2D eigenvalue weighted by Crippen LogP contribution is 2.28. The topological polar surface area (TPSA) is 92.0 Å². The maximum atomic E-state index is 5.59. The van der Waals surface area contributed by atoms with Gasteiger partial charge in [-0.25, -0.2) is 4.98 Å². The van der Waals surface area contributed by atoms with Crippen LogP contribution in [0.4, 0.5) is 0 Å². The van der Waals surface area contributed by atoms with Gasteiger partial charge in [0, 0.05) is 30.6 Å². The fourth-order valence-corrected chi connectivity index (χ4v) is 3.17. The van der Waals surface area contributed by atoms with E-state index in [0.717, 1.165) is 30.7 Å². The van der Waals surface area contributed by atoms with E-state index in [-0.39, 0.29) is 6.10 Å². The molecule has 8 nitrogen and oxygen atoms in total. The number of hydrogen-bond donors (Lipinski definition) is 0. The summed E-state index contributed by atoms with van der Waals surface area (Å²) in [7, 11) is 0. The van der Waals surface area contributed by atoms with E-state index in [1.54, 1.807) is 6.20 Å². The molecule has 0 N–H and O–H groups in total. The maximum Gasteiger partial charge on any atom is 0.255 e. The lowest BCUT2D eigenvalue weighted by atomic mass is 10.1. The predicted molar refractivity (Wildman–Crippen MR) is 94.5 cm³/mol. The highest BCUT2D eigenvalue weighted by Gasteiger charge is 2.24. The molecule has 0 aliphatic carbocycles. The molecule has 1 saturated heterocycles. The van der Waals surface area contributed by atoms with Gasteiger partial charge in [-0.05, 0) is 12.8 Å². The minimum absolute atomic E-state index is 0.0868. The van der Waals surface area contributed by atoms with Gasteiger partial charge in [-0.15, -0.1) is 0 Å². The van der Waals surface area contributed by atoms with Gasteiger partial charge < -0.3 is 18.4 Å². The van der Waals surface area contributed by atoms with Crippen molar-refractivity contribution in [3.05, 3.63) is 60.5 Å². The minimum atomic E-state index is -0.0868. The van der Waals surface area contributed by atoms with Crippen molar-refractivity contribution in [3.8, 4) is 22.8 Å². The number of benzene rings is 1. The molecule has 0 radical (unpaired) electrons. The third-order valence-electron chi connectivity index (χ3n) is 4.52. The molecule has 0 spiro atoms. The van der Waals surface area contributed by atoms with Crippen LogP contribution in [0, 0.1) is 0 Å². The fraction of sp³-hybridized carbons (Fsp3) is 0.263. The van der Waals surface area contributed by atoms with E-state index in [9.17, 15) is 0 Å². The number of imidazole rings is 1. The van der Waals surface area contributed by atoms with Crippen LogP contribution in [0.2, 0.25) is 0 Å². The van der Waals surface area contributed by atoms with Crippen molar-refractivity contribution in [1.29, 1.82) is 0 Å². The summed E-state index contributed by atoms with van der Waals surface area (Å²) in [6, 6.07) is 11.7. The van der Waals surface area contributed by atoms with Gasteiger partial charge in [0.15, 0.2) is 11.6 Å². The van der Waals surface area contributed by atoms with Crippen molar-refractivity contribution in [2.45, 2.75) is 25.5 Å². The second-order valence-electron chi connectivity index (χ2n) is 6.37. The monoisotopic (exact) mass is 363 g/mol. The molecule has 0 saturated carbocycles. The first kappa shape index (κ1) is 16.0. The van der Waals surface area contributed by atoms with E-state index in [1.165, 1.54) is 0 Å². The zero-order chi connectivity index (χ0) is 18.1. The number of rotatable bonds is 5. The van der Waals surface area contributed by atoms with Crippen LogP contribution >= 0.6 is 0 Å². The average molecular weight is 363 g/mol. The summed E-state index contributed by atoms with van der Waals surface area (Å²) in [5, 5.41) is 8.21. The molecule has 4 aromatic rings. The lowest BCUT2D eigenvalue weighted by molar-refractivity contribution is 0.0835. The molecule has 27 heavy (non-hydrogen) atoms. The second-order valence-corrected chi connectivity index (χ2v) is 6.37. The molecule has 136 valence electrons. The van der Waals surface area contributed by atoms with Crippen LogP contribution in [0.3, 0.4) is 0 Å². The summed E-state index contributed by atoms with van der Waals surface area (Å²) >= 11 is 0. The van der Waals surface area contributed by atoms with Gasteiger partial charge in [0.05, 0.1) is 6.54 Å². The standard InChI is InChI=1S/C19H17N5O3/c1-2-5-13(6-3-1)14-11-16(26-22-14)18-20-8-9-24(18)12-17-21-19(27-23-17)15-7-4-10-25-15/h1-3,5-6,8-9,11,15H,4,7,10,12H2/t15-/m0/s1. The summed E-state index contributed by atoms with van der Waals surface area (Å²) in [5.41, 5.74) is 1.75. The molecule has 1 aliphatic rings. The Morgan fingerprint density at radius 3 is 2.89 bits per heavy atom. The molecule has 5 rings (SSSR count). The lowest BCUT2D eigenvalue weighted by Gasteiger charge is -2.02. The molecule has 1 aromatic carbocycles. The number of ether oxygens (including phenoxy) is 1. The van der Waals surface area contributed by atoms with E-state index >= 15 is 0 Å². The molecule has 8 heteroatoms. The second kappa shape index (κ2) is 6.81. The molecule has 3 aromatic heterocycles. The van der Waals surface area contributed by atoms with E-state index in [0.29, 0.717) is 29.8 Å². The SMILES string of the molecule is c1ccc(-c2cc(-c3nccn3Cc3noc([C@@H]4CCCO4)n3)on2)cc1. The highest BCUT2D eigenvalue weighted by atomic mass is 16.5. The molecular formula is C19H17N5O3. The molecule has 1 atom stereocenters. The van der Waals surface area contributed by atoms with Gasteiger partial charge in [0.2, 0.25) is 5.76 Å². The predicted octanol–water partition coefficient (Wildman–Crippen LogP) is 3.49. The van der Waals surface area contributed by atoms with E-state index in [2.05, 4.69) is 20.3 Å². The summed E-state index contributed by atoms with van der Waals surface area (Å²) in [6.45, 7) is 1.16. The molecule has 4 heterocycles. The highest BCUT2D eigenvalue weighted by molar-refractivity contribution is 5.63. The Bertz CT molecular complexity index is 1030. The zero-order valence-corrected chi connectivity index (χ0v) is 14.5. The van der Waals surface area contributed by atoms with Gasteiger partial charge in [0.1, 0.15) is 11.8 Å². The molecule has 0 unspecified atom stereocenters. The first-order chi connectivity index (χ1) is 13.4. The largest absolute Gasteiger partial charge is 0.368 e. The van der Waals surface area contributed by atoms with Crippen molar-refractivity contribution in [3.63, 3.8) is 0 Å². The zero-order valence-electron chi connectivity index (χ0n) is 14.5. The van der Waals surface area contributed by atoms with Crippen LogP contribution in [0.5, 0.6) is 0 Å². The van der Waals surface area contributed by atoms with Crippen LogP contribution in [-0.2, 0) is 11.3 Å². The van der Waals surface area contributed by atoms with Crippen molar-refractivity contribution in [2.24, 2.45) is 0 Å². The molecular weight excluding hydrogens is 346 g/mol. The Morgan fingerprint density at radius 1 is 1.11 bits per heavy atom. The van der Waals surface area contributed by atoms with E-state index < -0.39 is 0 Å². The Morgan fingerprint density at radius 2 is 2.04 bits per heavy atom. The Kier molecular flexibility index (Phi) is 4.02. The first-order valence-corrected chi connectivity index (χ1v) is 8.84. The van der Waals surface area contributed by atoms with Crippen molar-refractivity contribution in [2.75, 3.05) is 6.61 Å². The quantitative estimate of drug-likeness (QED) is 0.536. The summed E-state index contributed by atoms with van der Waals surface area (Å²) in [6.07, 6.45) is 5.40. The van der Waals surface area contributed by atoms with Gasteiger partial charge in [-0.2, -0.15) is 4.98 Å². The number of nitrogens with zero attached hydrogens (tertiary/aromatic N) is 5. The van der Waals surface area contributed by atoms with Gasteiger partial charge in [-0.3, -0.25) is 0 Å². The fourth-order valence-electron chi connectivity index (χ4n) is 3.17. The summed E-state index contributed by atoms with van der Waals surface area (Å²) in [4.78, 5) is 8.85. The molecule has 0 amide bonds. The van der Waals surface area contributed by atoms with E-state index in [4.69, 9.17) is 13.8 Å². The third-order valence-corrected chi connectivity index (χ3v) is 4.52. The minimum Gasteiger partial charge on any atom is -0.368 e. The van der Waals surface area contributed by atoms with Crippen LogP contribution in [-0.4, -0.2) is 31.5 Å². The Hall–Kier alpha value is -3.26.